The molecule has 0 aromatic heterocycles. The monoisotopic (exact) mass is 160 g/mol. The van der Waals surface area contributed by atoms with Crippen molar-refractivity contribution in [3.63, 3.8) is 0 Å². The van der Waals surface area contributed by atoms with Crippen molar-refractivity contribution in [3.05, 3.63) is 0 Å². The highest BCUT2D eigenvalue weighted by molar-refractivity contribution is 4.50. The first-order valence-electron chi connectivity index (χ1n) is 4.59. The number of methoxy groups -OCH3 is 1. The standard InChI is InChI=1S/C5H12.C3H6.C2H6O/c1-4-5(2)3;1-2-3-1;1-3-2/h5H,4H2,1-3H3;1-3H2;1-2H3. The predicted octanol–water partition coefficient (Wildman–Crippen LogP) is 3.49. The maximum atomic E-state index is 4.25. The minimum Gasteiger partial charge on any atom is -0.388 e. The van der Waals surface area contributed by atoms with Gasteiger partial charge in [0.05, 0.1) is 0 Å². The average molecular weight is 160 g/mol. The van der Waals surface area contributed by atoms with Gasteiger partial charge < -0.3 is 4.74 Å². The molecule has 0 spiro atoms. The lowest BCUT2D eigenvalue weighted by molar-refractivity contribution is 0.277. The van der Waals surface area contributed by atoms with Gasteiger partial charge in [-0.3, -0.25) is 0 Å². The van der Waals surface area contributed by atoms with Gasteiger partial charge in [0, 0.05) is 14.2 Å². The van der Waals surface area contributed by atoms with Crippen LogP contribution in [0.25, 0.3) is 0 Å². The van der Waals surface area contributed by atoms with Crippen LogP contribution in [0.1, 0.15) is 46.5 Å². The Hall–Kier alpha value is -0.0400. The molecule has 0 amide bonds. The van der Waals surface area contributed by atoms with Crippen LogP contribution in [0.3, 0.4) is 0 Å². The number of hydrogen-bond acceptors (Lipinski definition) is 1. The van der Waals surface area contributed by atoms with Crippen molar-refractivity contribution in [2.45, 2.75) is 46.5 Å². The smallest absolute Gasteiger partial charge is 0.0351 e. The van der Waals surface area contributed by atoms with Gasteiger partial charge in [-0.1, -0.05) is 46.5 Å². The molecule has 1 aliphatic carbocycles. The SMILES string of the molecule is C1CC1.CCC(C)C.COC. The molecule has 1 heteroatoms. The largest absolute Gasteiger partial charge is 0.388 e. The fourth-order valence-corrected chi connectivity index (χ4v) is 0. The van der Waals surface area contributed by atoms with Crippen LogP contribution in [0, 0.1) is 5.92 Å². The molecular formula is C10H24O. The van der Waals surface area contributed by atoms with Crippen LogP contribution in [-0.2, 0) is 4.74 Å². The first-order valence-corrected chi connectivity index (χ1v) is 4.59. The van der Waals surface area contributed by atoms with E-state index < -0.39 is 0 Å². The van der Waals surface area contributed by atoms with Crippen LogP contribution >= 0.6 is 0 Å². The minimum absolute atomic E-state index is 0.884. The molecule has 1 fully saturated rings. The molecule has 0 radical (unpaired) electrons. The second kappa shape index (κ2) is 12.6. The molecule has 0 unspecified atom stereocenters. The highest BCUT2D eigenvalue weighted by Gasteiger charge is 1.95. The lowest BCUT2D eigenvalue weighted by atomic mass is 10.2. The van der Waals surface area contributed by atoms with Crippen molar-refractivity contribution in [2.24, 2.45) is 5.92 Å². The molecule has 70 valence electrons. The van der Waals surface area contributed by atoms with Crippen molar-refractivity contribution in [2.75, 3.05) is 14.2 Å². The van der Waals surface area contributed by atoms with E-state index in [1.165, 1.54) is 25.7 Å². The summed E-state index contributed by atoms with van der Waals surface area (Å²) in [5.41, 5.74) is 0. The molecule has 0 aromatic rings. The third-order valence-electron chi connectivity index (χ3n) is 1.17. The van der Waals surface area contributed by atoms with Crippen molar-refractivity contribution in [1.29, 1.82) is 0 Å². The summed E-state index contributed by atoms with van der Waals surface area (Å²) in [6.07, 6.45) is 5.81. The summed E-state index contributed by atoms with van der Waals surface area (Å²) in [4.78, 5) is 0. The summed E-state index contributed by atoms with van der Waals surface area (Å²) in [7, 11) is 3.25. The summed E-state index contributed by atoms with van der Waals surface area (Å²) in [6.45, 7) is 6.64. The van der Waals surface area contributed by atoms with E-state index in [0.29, 0.717) is 0 Å². The molecule has 0 heterocycles. The van der Waals surface area contributed by atoms with Crippen LogP contribution in [0.5, 0.6) is 0 Å². The van der Waals surface area contributed by atoms with E-state index in [4.69, 9.17) is 0 Å². The predicted molar refractivity (Wildman–Crippen MR) is 51.9 cm³/mol. The Morgan fingerprint density at radius 3 is 1.27 bits per heavy atom. The summed E-state index contributed by atoms with van der Waals surface area (Å²) in [5, 5.41) is 0. The van der Waals surface area contributed by atoms with Crippen LogP contribution < -0.4 is 0 Å². The van der Waals surface area contributed by atoms with Gasteiger partial charge in [-0.15, -0.1) is 0 Å². The molecule has 11 heavy (non-hydrogen) atoms. The summed E-state index contributed by atoms with van der Waals surface area (Å²) < 4.78 is 4.25. The zero-order chi connectivity index (χ0) is 9.11. The quantitative estimate of drug-likeness (QED) is 0.570. The van der Waals surface area contributed by atoms with Crippen molar-refractivity contribution < 1.29 is 4.74 Å². The Bertz CT molecular complexity index is 46.1. The molecule has 0 aromatic carbocycles. The van der Waals surface area contributed by atoms with Gasteiger partial charge in [-0.25, -0.2) is 0 Å². The molecule has 1 nitrogen and oxygen atoms in total. The summed E-state index contributed by atoms with van der Waals surface area (Å²) >= 11 is 0. The molecular weight excluding hydrogens is 136 g/mol. The molecule has 0 saturated heterocycles. The van der Waals surface area contributed by atoms with Gasteiger partial charge in [0.15, 0.2) is 0 Å². The van der Waals surface area contributed by atoms with Crippen LogP contribution in [0.4, 0.5) is 0 Å². The zero-order valence-corrected chi connectivity index (χ0v) is 8.81. The van der Waals surface area contributed by atoms with Gasteiger partial charge in [0.1, 0.15) is 0 Å². The Kier molecular flexibility index (Phi) is 15.5. The zero-order valence-electron chi connectivity index (χ0n) is 8.81. The molecule has 1 aliphatic rings. The van der Waals surface area contributed by atoms with E-state index in [0.717, 1.165) is 5.92 Å². The highest BCUT2D eigenvalue weighted by Crippen LogP contribution is 2.14. The average Bonchev–Trinajstić information content (AvgIpc) is 2.73. The van der Waals surface area contributed by atoms with Gasteiger partial charge >= 0.3 is 0 Å². The van der Waals surface area contributed by atoms with Gasteiger partial charge in [-0.05, 0) is 5.92 Å². The van der Waals surface area contributed by atoms with Crippen LogP contribution in [0.2, 0.25) is 0 Å². The van der Waals surface area contributed by atoms with E-state index in [-0.39, 0.29) is 0 Å². The van der Waals surface area contributed by atoms with Crippen molar-refractivity contribution >= 4 is 0 Å². The molecule has 0 aliphatic heterocycles. The van der Waals surface area contributed by atoms with Crippen molar-refractivity contribution in [1.82, 2.24) is 0 Å². The Labute approximate surface area is 72.1 Å². The van der Waals surface area contributed by atoms with E-state index in [2.05, 4.69) is 25.5 Å². The lowest BCUT2D eigenvalue weighted by Crippen LogP contribution is -1.77. The van der Waals surface area contributed by atoms with E-state index in [1.54, 1.807) is 14.2 Å². The molecule has 0 bridgehead atoms. The Morgan fingerprint density at radius 1 is 1.09 bits per heavy atom. The summed E-state index contributed by atoms with van der Waals surface area (Å²) in [5.74, 6) is 0.884. The highest BCUT2D eigenvalue weighted by atomic mass is 16.4. The molecule has 1 saturated carbocycles. The summed E-state index contributed by atoms with van der Waals surface area (Å²) in [6, 6.07) is 0. The number of rotatable bonds is 1. The Balaban J connectivity index is 0. The van der Waals surface area contributed by atoms with Crippen molar-refractivity contribution in [3.8, 4) is 0 Å². The lowest BCUT2D eigenvalue weighted by Gasteiger charge is -1.90. The van der Waals surface area contributed by atoms with Gasteiger partial charge in [-0.2, -0.15) is 0 Å². The Morgan fingerprint density at radius 2 is 1.27 bits per heavy atom. The minimum atomic E-state index is 0.884. The fourth-order valence-electron chi connectivity index (χ4n) is 0. The second-order valence-electron chi connectivity index (χ2n) is 3.27. The third kappa shape index (κ3) is 72.0. The van der Waals surface area contributed by atoms with E-state index >= 15 is 0 Å². The van der Waals surface area contributed by atoms with E-state index in [9.17, 15) is 0 Å². The number of ether oxygens (including phenoxy) is 1. The second-order valence-corrected chi connectivity index (χ2v) is 3.27. The maximum Gasteiger partial charge on any atom is 0.0351 e. The van der Waals surface area contributed by atoms with Gasteiger partial charge in [0.2, 0.25) is 0 Å². The maximum absolute atomic E-state index is 4.25. The van der Waals surface area contributed by atoms with Crippen LogP contribution in [-0.4, -0.2) is 14.2 Å². The first kappa shape index (κ1) is 13.5. The fraction of sp³-hybridized carbons (Fsp3) is 1.00. The molecule has 0 N–H and O–H groups in total. The molecule has 1 rings (SSSR count). The topological polar surface area (TPSA) is 9.23 Å². The molecule has 0 atom stereocenters. The normalized spacial score (nSPS) is 12.5. The third-order valence-corrected chi connectivity index (χ3v) is 1.17. The van der Waals surface area contributed by atoms with E-state index in [1.807, 2.05) is 0 Å². The van der Waals surface area contributed by atoms with Gasteiger partial charge in [0.25, 0.3) is 0 Å². The first-order chi connectivity index (χ1) is 5.18. The number of hydrogen-bond donors (Lipinski definition) is 0. The van der Waals surface area contributed by atoms with Crippen LogP contribution in [0.15, 0.2) is 0 Å².